The molecule has 1 unspecified atom stereocenters. The van der Waals surface area contributed by atoms with E-state index in [1.54, 1.807) is 0 Å². The first-order valence-electron chi connectivity index (χ1n) is 25.6. The van der Waals surface area contributed by atoms with Gasteiger partial charge in [-0.25, -0.2) is 9.13 Å². The van der Waals surface area contributed by atoms with Crippen molar-refractivity contribution in [2.45, 2.75) is 204 Å². The number of carbonyl (C=O) groups is 3. The van der Waals surface area contributed by atoms with Crippen molar-refractivity contribution in [1.82, 2.24) is 0 Å². The summed E-state index contributed by atoms with van der Waals surface area (Å²) >= 11 is 0. The Kier molecular flexibility index (Phi) is 33.4. The number of phosphoric ester groups is 2. The number of ether oxygens (including phenoxy) is 2. The zero-order valence-corrected chi connectivity index (χ0v) is 43.8. The molecule has 21 heteroatoms. The van der Waals surface area contributed by atoms with Crippen LogP contribution in [0.4, 0.5) is 0 Å². The van der Waals surface area contributed by atoms with Crippen LogP contribution in [-0.2, 0) is 46.6 Å². The van der Waals surface area contributed by atoms with Crippen LogP contribution in [0.3, 0.4) is 0 Å². The van der Waals surface area contributed by atoms with Gasteiger partial charge in [-0.1, -0.05) is 132 Å². The number of hydrogen-bond donors (Lipinski definition) is 9. The summed E-state index contributed by atoms with van der Waals surface area (Å²) in [5, 5.41) is 68.2. The van der Waals surface area contributed by atoms with Gasteiger partial charge in [0.2, 0.25) is 0 Å². The normalized spacial score (nSPS) is 29.9. The number of carbonyl (C=O) groups excluding carboxylic acids is 3. The standard InChI is InChI=1S/C51H84O19P2/c1-3-5-7-8-9-10-11-12-13-14-15-16-17-18-19-20-21-22-27-31-44(55)66-36-39-37-67-72(64,65)70-51-49(60)48(59)46(57)40(30-26-23-24-28-32-45(56)68-39)42(53)35-43(54)41(34-33-38(52)29-25-6-4-2)47(58)50(51)69-71(61,62)63/h5,7,9-10,12-13,15-16,18-19,33-34,38-41,43,46-52,54,57-60H,3-4,6,8,11,14,17,20-32,35-37H2,1-2H3,(H,64,65)(H2,61,62,63)/b7-5-,10-9-,13-12-,16-15-,19-18-,34-33+/t38-,39+,40-,41-,43+,46+,47+,48-,49+,50+,51-/m0/s1. The number of ketones is 1. The smallest absolute Gasteiger partial charge is 0.462 e. The number of unbranched alkanes of at least 4 members (excludes halogenated alkanes) is 5. The maximum Gasteiger partial charge on any atom is 0.472 e. The van der Waals surface area contributed by atoms with Gasteiger partial charge >= 0.3 is 27.6 Å². The third-order valence-corrected chi connectivity index (χ3v) is 13.7. The van der Waals surface area contributed by atoms with Crippen molar-refractivity contribution in [3.63, 3.8) is 0 Å². The van der Waals surface area contributed by atoms with Crippen molar-refractivity contribution in [3.05, 3.63) is 72.9 Å². The fourth-order valence-electron chi connectivity index (χ4n) is 8.13. The Bertz CT molecular complexity index is 1830. The van der Waals surface area contributed by atoms with E-state index in [1.165, 1.54) is 6.08 Å². The number of Topliss-reactive ketones (excluding diaryl/α,β-unsaturated/α-hetero) is 1. The number of aliphatic hydroxyl groups excluding tert-OH is 6. The Labute approximate surface area is 425 Å². The fourth-order valence-corrected chi connectivity index (χ4v) is 9.66. The molecule has 9 N–H and O–H groups in total. The number of cyclic esters (lactones) is 1. The number of fused-ring (bicyclic) bond motifs is 4. The van der Waals surface area contributed by atoms with Gasteiger partial charge in [0.1, 0.15) is 36.8 Å². The monoisotopic (exact) mass is 1060 g/mol. The molecule has 2 rings (SSSR count). The zero-order valence-electron chi connectivity index (χ0n) is 42.0. The predicted molar refractivity (Wildman–Crippen MR) is 270 cm³/mol. The van der Waals surface area contributed by atoms with Gasteiger partial charge in [-0.15, -0.1) is 0 Å². The van der Waals surface area contributed by atoms with Gasteiger partial charge in [-0.3, -0.25) is 28.0 Å². The molecule has 1 aliphatic heterocycles. The lowest BCUT2D eigenvalue weighted by atomic mass is 9.83. The lowest BCUT2D eigenvalue weighted by molar-refractivity contribution is -0.165. The minimum Gasteiger partial charge on any atom is -0.462 e. The summed E-state index contributed by atoms with van der Waals surface area (Å²) < 4.78 is 52.2. The molecule has 72 heavy (non-hydrogen) atoms. The molecule has 2 bridgehead atoms. The van der Waals surface area contributed by atoms with E-state index in [2.05, 4.69) is 67.7 Å². The first-order valence-corrected chi connectivity index (χ1v) is 28.6. The molecule has 0 radical (unpaired) electrons. The summed E-state index contributed by atoms with van der Waals surface area (Å²) in [5.41, 5.74) is 0. The van der Waals surface area contributed by atoms with E-state index < -0.39 is 120 Å². The Morgan fingerprint density at radius 3 is 2.04 bits per heavy atom. The number of aliphatic hydroxyl groups is 6. The summed E-state index contributed by atoms with van der Waals surface area (Å²) in [6, 6.07) is 0. The first-order chi connectivity index (χ1) is 34.3. The van der Waals surface area contributed by atoms with Crippen LogP contribution in [0, 0.1) is 11.8 Å². The Balaban J connectivity index is 2.22. The van der Waals surface area contributed by atoms with Crippen molar-refractivity contribution in [2.24, 2.45) is 11.8 Å². The fraction of sp³-hybridized carbons (Fsp3) is 0.706. The minimum atomic E-state index is -5.78. The molecule has 1 saturated heterocycles. The van der Waals surface area contributed by atoms with Crippen LogP contribution in [0.25, 0.3) is 0 Å². The van der Waals surface area contributed by atoms with Crippen LogP contribution < -0.4 is 0 Å². The van der Waals surface area contributed by atoms with Gasteiger partial charge < -0.3 is 54.8 Å². The summed E-state index contributed by atoms with van der Waals surface area (Å²) in [6.07, 6.45) is 14.0. The highest BCUT2D eigenvalue weighted by Crippen LogP contribution is 2.49. The highest BCUT2D eigenvalue weighted by molar-refractivity contribution is 7.47. The molecule has 0 spiro atoms. The second-order valence-corrected chi connectivity index (χ2v) is 20.9. The molecule has 1 heterocycles. The second-order valence-electron chi connectivity index (χ2n) is 18.3. The molecule has 19 nitrogen and oxygen atoms in total. The molecule has 12 atom stereocenters. The Hall–Kier alpha value is -2.97. The average Bonchev–Trinajstić information content (AvgIpc) is 3.32. The van der Waals surface area contributed by atoms with Gasteiger partial charge in [-0.2, -0.15) is 0 Å². The quantitative estimate of drug-likeness (QED) is 0.0193. The number of hydrogen-bond acceptors (Lipinski definition) is 16. The number of allylic oxidation sites excluding steroid dienone is 10. The molecule has 1 aliphatic carbocycles. The van der Waals surface area contributed by atoms with E-state index in [1.807, 2.05) is 6.92 Å². The highest BCUT2D eigenvalue weighted by Gasteiger charge is 2.51. The van der Waals surface area contributed by atoms with E-state index in [4.69, 9.17) is 23.0 Å². The van der Waals surface area contributed by atoms with Crippen molar-refractivity contribution in [2.75, 3.05) is 13.2 Å². The molecular formula is C51H84O19P2. The van der Waals surface area contributed by atoms with E-state index in [0.717, 1.165) is 63.9 Å². The van der Waals surface area contributed by atoms with Crippen LogP contribution >= 0.6 is 15.6 Å². The molecule has 0 aromatic carbocycles. The molecule has 2 aliphatic rings. The number of rotatable bonds is 25. The summed E-state index contributed by atoms with van der Waals surface area (Å²) in [4.78, 5) is 70.5. The number of phosphoric acid groups is 2. The maximum absolute atomic E-state index is 13.8. The SMILES string of the molecule is CC/C=C\C/C=C\C/C=C\C/C=C\C/C=C\CCCCCC(=O)OC[C@@H]1COP(=O)(O)O[C@H]2[C@H](O)[C@@H](O)[C@H](O)[C@@H](CCCCCCC(=O)O1)C(=O)C[C@@H](O)[C@H](/C=C/[C@@H](O)CCCCC)[C@@H](O)[C@H]2OP(=O)(O)O. The lowest BCUT2D eigenvalue weighted by Gasteiger charge is -2.38. The highest BCUT2D eigenvalue weighted by atomic mass is 31.2. The molecular weight excluding hydrogens is 978 g/mol. The molecule has 0 aromatic heterocycles. The van der Waals surface area contributed by atoms with E-state index in [9.17, 15) is 68.8 Å². The van der Waals surface area contributed by atoms with Crippen LogP contribution in [0.2, 0.25) is 0 Å². The average molecular weight is 1060 g/mol. The van der Waals surface area contributed by atoms with Crippen molar-refractivity contribution in [1.29, 1.82) is 0 Å². The van der Waals surface area contributed by atoms with Crippen molar-refractivity contribution >= 4 is 33.4 Å². The molecule has 0 amide bonds. The minimum absolute atomic E-state index is 0.0149. The van der Waals surface area contributed by atoms with Crippen molar-refractivity contribution < 1.29 is 91.9 Å². The van der Waals surface area contributed by atoms with E-state index in [-0.39, 0.29) is 38.5 Å². The topological polar surface area (TPSA) is 314 Å². The van der Waals surface area contributed by atoms with Gasteiger partial charge in [-0.05, 0) is 70.6 Å². The van der Waals surface area contributed by atoms with Crippen LogP contribution in [0.5, 0.6) is 0 Å². The molecule has 1 saturated carbocycles. The first kappa shape index (κ1) is 65.1. The Morgan fingerprint density at radius 1 is 0.792 bits per heavy atom. The van der Waals surface area contributed by atoms with Gasteiger partial charge in [0, 0.05) is 31.1 Å². The largest absolute Gasteiger partial charge is 0.472 e. The third kappa shape index (κ3) is 28.1. The number of esters is 2. The Morgan fingerprint density at radius 2 is 1.42 bits per heavy atom. The second kappa shape index (κ2) is 36.9. The molecule has 0 aromatic rings. The van der Waals surface area contributed by atoms with Crippen LogP contribution in [0.1, 0.15) is 149 Å². The summed E-state index contributed by atoms with van der Waals surface area (Å²) in [5.74, 6) is -5.52. The molecule has 2 fully saturated rings. The lowest BCUT2D eigenvalue weighted by Crippen LogP contribution is -2.56. The van der Waals surface area contributed by atoms with Crippen molar-refractivity contribution in [3.8, 4) is 0 Å². The van der Waals surface area contributed by atoms with Gasteiger partial charge in [0.25, 0.3) is 0 Å². The molecule has 412 valence electrons. The predicted octanol–water partition coefficient (Wildman–Crippen LogP) is 6.98. The van der Waals surface area contributed by atoms with Crippen LogP contribution in [0.15, 0.2) is 72.9 Å². The zero-order chi connectivity index (χ0) is 53.4. The van der Waals surface area contributed by atoms with Gasteiger partial charge in [0.15, 0.2) is 6.10 Å². The van der Waals surface area contributed by atoms with Crippen LogP contribution in [-0.4, -0.2) is 131 Å². The summed E-state index contributed by atoms with van der Waals surface area (Å²) in [6.45, 7) is 2.44. The third-order valence-electron chi connectivity index (χ3n) is 12.2. The summed E-state index contributed by atoms with van der Waals surface area (Å²) in [7, 11) is -11.5. The maximum atomic E-state index is 13.8. The van der Waals surface area contributed by atoms with E-state index in [0.29, 0.717) is 32.1 Å². The van der Waals surface area contributed by atoms with E-state index >= 15 is 0 Å². The van der Waals surface area contributed by atoms with Gasteiger partial charge in [0.05, 0.1) is 31.0 Å².